The predicted octanol–water partition coefficient (Wildman–Crippen LogP) is 6.70. The van der Waals surface area contributed by atoms with Gasteiger partial charge in [-0.1, -0.05) is 37.3 Å². The molecule has 0 spiro atoms. The van der Waals surface area contributed by atoms with Crippen molar-refractivity contribution in [3.63, 3.8) is 0 Å². The molecule has 4 rings (SSSR count). The Morgan fingerprint density at radius 3 is 2.18 bits per heavy atom. The summed E-state index contributed by atoms with van der Waals surface area (Å²) in [4.78, 5) is 38.7. The number of anilines is 2. The highest BCUT2D eigenvalue weighted by atomic mass is 32.2. The van der Waals surface area contributed by atoms with Crippen molar-refractivity contribution < 1.29 is 24.2 Å². The lowest BCUT2D eigenvalue weighted by Gasteiger charge is -2.16. The lowest BCUT2D eigenvalue weighted by molar-refractivity contribution is -0.115. The zero-order chi connectivity index (χ0) is 27.1. The molecule has 0 heterocycles. The Balaban J connectivity index is 1.48. The highest BCUT2D eigenvalue weighted by Crippen LogP contribution is 2.30. The van der Waals surface area contributed by atoms with E-state index in [1.54, 1.807) is 60.7 Å². The second-order valence-corrected chi connectivity index (χ2v) is 9.73. The van der Waals surface area contributed by atoms with Crippen LogP contribution in [0.15, 0.2) is 89.8 Å². The van der Waals surface area contributed by atoms with Crippen LogP contribution in [0.3, 0.4) is 0 Å². The Kier molecular flexibility index (Phi) is 8.66. The normalized spacial score (nSPS) is 11.5. The number of nitrogens with one attached hydrogen (secondary N) is 2. The molecule has 3 N–H and O–H groups in total. The van der Waals surface area contributed by atoms with Crippen LogP contribution in [0.4, 0.5) is 11.4 Å². The summed E-state index contributed by atoms with van der Waals surface area (Å²) >= 11 is 1.41. The van der Waals surface area contributed by atoms with Crippen LogP contribution >= 0.6 is 11.8 Å². The average molecular weight is 529 g/mol. The molecule has 1 unspecified atom stereocenters. The molecule has 194 valence electrons. The second kappa shape index (κ2) is 12.3. The smallest absolute Gasteiger partial charge is 0.336 e. The molecule has 1 atom stereocenters. The second-order valence-electron chi connectivity index (χ2n) is 8.46. The van der Waals surface area contributed by atoms with Crippen LogP contribution in [0.5, 0.6) is 5.75 Å². The lowest BCUT2D eigenvalue weighted by Crippen LogP contribution is -2.24. The third-order valence-electron chi connectivity index (χ3n) is 5.85. The summed E-state index contributed by atoms with van der Waals surface area (Å²) in [6, 6.07) is 24.5. The molecule has 8 heteroatoms. The fourth-order valence-electron chi connectivity index (χ4n) is 4.06. The van der Waals surface area contributed by atoms with Gasteiger partial charge >= 0.3 is 5.97 Å². The van der Waals surface area contributed by atoms with Crippen LogP contribution in [0.1, 0.15) is 41.0 Å². The number of aromatic carboxylic acids is 1. The molecule has 38 heavy (non-hydrogen) atoms. The minimum Gasteiger partial charge on any atom is -0.494 e. The molecule has 4 aromatic rings. The van der Waals surface area contributed by atoms with E-state index in [1.807, 2.05) is 32.0 Å². The first kappa shape index (κ1) is 26.8. The van der Waals surface area contributed by atoms with Gasteiger partial charge < -0.3 is 20.5 Å². The monoisotopic (exact) mass is 528 g/mol. The molecule has 0 bridgehead atoms. The topological polar surface area (TPSA) is 105 Å². The van der Waals surface area contributed by atoms with E-state index < -0.39 is 11.9 Å². The SMILES string of the molecule is CCOc1ccc(NC(=O)C(CC)Sc2cccc(NC(=O)c3cccc4cccc(C(=O)O)c34)c2)cc1. The summed E-state index contributed by atoms with van der Waals surface area (Å²) in [5.41, 5.74) is 1.59. The van der Waals surface area contributed by atoms with Crippen LogP contribution in [-0.2, 0) is 4.79 Å². The quantitative estimate of drug-likeness (QED) is 0.198. The van der Waals surface area contributed by atoms with Gasteiger partial charge in [-0.25, -0.2) is 4.79 Å². The van der Waals surface area contributed by atoms with E-state index in [1.165, 1.54) is 17.8 Å². The van der Waals surface area contributed by atoms with Crippen molar-refractivity contribution in [1.29, 1.82) is 0 Å². The summed E-state index contributed by atoms with van der Waals surface area (Å²) in [7, 11) is 0. The van der Waals surface area contributed by atoms with Crippen molar-refractivity contribution in [2.75, 3.05) is 17.2 Å². The number of fused-ring (bicyclic) bond motifs is 1. The van der Waals surface area contributed by atoms with E-state index in [4.69, 9.17) is 4.74 Å². The van der Waals surface area contributed by atoms with Crippen LogP contribution in [-0.4, -0.2) is 34.7 Å². The van der Waals surface area contributed by atoms with Gasteiger partial charge in [-0.05, 0) is 73.3 Å². The average Bonchev–Trinajstić information content (AvgIpc) is 2.92. The minimum atomic E-state index is -1.09. The molecular formula is C30H28N2O5S. The van der Waals surface area contributed by atoms with Crippen LogP contribution in [0.25, 0.3) is 10.8 Å². The van der Waals surface area contributed by atoms with E-state index in [0.29, 0.717) is 35.2 Å². The number of rotatable bonds is 10. The first-order chi connectivity index (χ1) is 18.4. The third kappa shape index (κ3) is 6.33. The van der Waals surface area contributed by atoms with Crippen molar-refractivity contribution in [3.8, 4) is 5.75 Å². The number of carbonyl (C=O) groups excluding carboxylic acids is 2. The summed E-state index contributed by atoms with van der Waals surface area (Å²) in [5, 5.41) is 16.2. The van der Waals surface area contributed by atoms with Gasteiger partial charge in [0.2, 0.25) is 5.91 Å². The predicted molar refractivity (Wildman–Crippen MR) is 151 cm³/mol. The first-order valence-electron chi connectivity index (χ1n) is 12.3. The summed E-state index contributed by atoms with van der Waals surface area (Å²) < 4.78 is 5.44. The Morgan fingerprint density at radius 1 is 0.842 bits per heavy atom. The molecule has 0 aliphatic carbocycles. The Bertz CT molecular complexity index is 1460. The van der Waals surface area contributed by atoms with Gasteiger partial charge in [0.05, 0.1) is 17.4 Å². The molecule has 7 nitrogen and oxygen atoms in total. The van der Waals surface area contributed by atoms with Crippen molar-refractivity contribution in [2.45, 2.75) is 30.4 Å². The molecule has 4 aromatic carbocycles. The molecule has 0 fully saturated rings. The largest absolute Gasteiger partial charge is 0.494 e. The van der Waals surface area contributed by atoms with Gasteiger partial charge in [-0.15, -0.1) is 11.8 Å². The van der Waals surface area contributed by atoms with Crippen molar-refractivity contribution in [1.82, 2.24) is 0 Å². The number of ether oxygens (including phenoxy) is 1. The zero-order valence-electron chi connectivity index (χ0n) is 21.1. The van der Waals surface area contributed by atoms with Gasteiger partial charge in [0.15, 0.2) is 0 Å². The van der Waals surface area contributed by atoms with Crippen molar-refractivity contribution in [2.24, 2.45) is 0 Å². The van der Waals surface area contributed by atoms with Crippen LogP contribution < -0.4 is 15.4 Å². The Hall–Kier alpha value is -4.30. The summed E-state index contributed by atoms with van der Waals surface area (Å²) in [5.74, 6) is -0.878. The van der Waals surface area contributed by atoms with E-state index in [-0.39, 0.29) is 22.3 Å². The maximum absolute atomic E-state index is 13.2. The van der Waals surface area contributed by atoms with Gasteiger partial charge in [0.25, 0.3) is 5.91 Å². The lowest BCUT2D eigenvalue weighted by atomic mass is 9.98. The number of thioether (sulfide) groups is 1. The molecule has 0 aliphatic rings. The highest BCUT2D eigenvalue weighted by Gasteiger charge is 2.20. The van der Waals surface area contributed by atoms with Crippen LogP contribution in [0, 0.1) is 0 Å². The standard InChI is InChI=1S/C30H28N2O5S/c1-3-26(29(34)31-20-14-16-22(17-15-20)37-4-2)38-23-11-7-10-21(18-23)32-28(33)24-12-5-8-19-9-6-13-25(27(19)24)30(35)36/h5-18,26H,3-4H2,1-2H3,(H,31,34)(H,32,33)(H,35,36). The maximum Gasteiger partial charge on any atom is 0.336 e. The van der Waals surface area contributed by atoms with Crippen LogP contribution in [0.2, 0.25) is 0 Å². The maximum atomic E-state index is 13.2. The number of hydrogen-bond acceptors (Lipinski definition) is 5. The number of amides is 2. The molecule has 0 radical (unpaired) electrons. The number of carbonyl (C=O) groups is 3. The Labute approximate surface area is 225 Å². The van der Waals surface area contributed by atoms with E-state index >= 15 is 0 Å². The number of carboxylic acid groups (broad SMARTS) is 1. The minimum absolute atomic E-state index is 0.0712. The molecule has 0 aliphatic heterocycles. The fraction of sp³-hybridized carbons (Fsp3) is 0.167. The van der Waals surface area contributed by atoms with E-state index in [0.717, 1.165) is 10.6 Å². The molecular weight excluding hydrogens is 500 g/mol. The van der Waals surface area contributed by atoms with E-state index in [9.17, 15) is 19.5 Å². The van der Waals surface area contributed by atoms with Crippen molar-refractivity contribution >= 4 is 51.7 Å². The summed E-state index contributed by atoms with van der Waals surface area (Å²) in [6.07, 6.45) is 0.609. The Morgan fingerprint density at radius 2 is 1.53 bits per heavy atom. The van der Waals surface area contributed by atoms with Gasteiger partial charge in [-0.2, -0.15) is 0 Å². The van der Waals surface area contributed by atoms with Gasteiger partial charge in [0.1, 0.15) is 5.75 Å². The van der Waals surface area contributed by atoms with Gasteiger partial charge in [0, 0.05) is 27.2 Å². The molecule has 0 saturated heterocycles. The summed E-state index contributed by atoms with van der Waals surface area (Å²) in [6.45, 7) is 4.44. The third-order valence-corrected chi connectivity index (χ3v) is 7.20. The molecule has 0 saturated carbocycles. The van der Waals surface area contributed by atoms with E-state index in [2.05, 4.69) is 10.6 Å². The fourth-order valence-corrected chi connectivity index (χ4v) is 5.08. The highest BCUT2D eigenvalue weighted by molar-refractivity contribution is 8.00. The molecule has 0 aromatic heterocycles. The zero-order valence-corrected chi connectivity index (χ0v) is 21.9. The van der Waals surface area contributed by atoms with Gasteiger partial charge in [-0.3, -0.25) is 9.59 Å². The number of carboxylic acids is 1. The number of benzene rings is 4. The molecule has 2 amide bonds. The first-order valence-corrected chi connectivity index (χ1v) is 13.1. The number of hydrogen-bond donors (Lipinski definition) is 3. The van der Waals surface area contributed by atoms with Crippen molar-refractivity contribution in [3.05, 3.63) is 96.1 Å².